The number of rotatable bonds is 9. The minimum Gasteiger partial charge on any atom is -0.465 e. The zero-order valence-corrected chi connectivity index (χ0v) is 16.8. The van der Waals surface area contributed by atoms with Gasteiger partial charge in [0.25, 0.3) is 0 Å². The van der Waals surface area contributed by atoms with Gasteiger partial charge >= 0.3 is 5.97 Å². The minimum atomic E-state index is -0.516. The van der Waals surface area contributed by atoms with Crippen LogP contribution in [0, 0.1) is 6.92 Å². The predicted molar refractivity (Wildman–Crippen MR) is 107 cm³/mol. The van der Waals surface area contributed by atoms with Crippen LogP contribution < -0.4 is 11.5 Å². The maximum absolute atomic E-state index is 11.5. The molecule has 0 saturated heterocycles. The molecule has 4 N–H and O–H groups in total. The van der Waals surface area contributed by atoms with Crippen LogP contribution in [-0.4, -0.2) is 43.6 Å². The number of aromatic nitrogens is 2. The maximum atomic E-state index is 11.5. The number of esters is 1. The summed E-state index contributed by atoms with van der Waals surface area (Å²) in [4.78, 5) is 20.0. The summed E-state index contributed by atoms with van der Waals surface area (Å²) < 4.78 is 15.7. The van der Waals surface area contributed by atoms with Crippen LogP contribution in [0.25, 0.3) is 0 Å². The van der Waals surface area contributed by atoms with Crippen molar-refractivity contribution in [2.45, 2.75) is 38.4 Å². The Morgan fingerprint density at radius 1 is 1.04 bits per heavy atom. The molecule has 0 spiro atoms. The van der Waals surface area contributed by atoms with Crippen LogP contribution in [0.5, 0.6) is 0 Å². The molecule has 8 nitrogen and oxygen atoms in total. The van der Waals surface area contributed by atoms with E-state index in [1.807, 2.05) is 12.1 Å². The molecule has 1 aromatic carbocycles. The highest BCUT2D eigenvalue weighted by Crippen LogP contribution is 2.34. The van der Waals surface area contributed by atoms with Gasteiger partial charge in [-0.05, 0) is 43.9 Å². The third-order valence-electron chi connectivity index (χ3n) is 4.64. The van der Waals surface area contributed by atoms with Crippen molar-refractivity contribution in [3.05, 3.63) is 46.8 Å². The first kappa shape index (κ1) is 21.6. The third-order valence-corrected chi connectivity index (χ3v) is 4.64. The fourth-order valence-electron chi connectivity index (χ4n) is 3.30. The van der Waals surface area contributed by atoms with Crippen LogP contribution in [0.4, 0.5) is 11.6 Å². The Labute approximate surface area is 165 Å². The number of benzene rings is 1. The molecule has 1 heterocycles. The van der Waals surface area contributed by atoms with Gasteiger partial charge in [0.15, 0.2) is 6.29 Å². The Morgan fingerprint density at radius 2 is 1.61 bits per heavy atom. The number of nitrogens with two attached hydrogens (primary N) is 2. The lowest BCUT2D eigenvalue weighted by Gasteiger charge is -2.26. The fourth-order valence-corrected chi connectivity index (χ4v) is 3.30. The summed E-state index contributed by atoms with van der Waals surface area (Å²) in [6.45, 7) is 1.74. The van der Waals surface area contributed by atoms with Crippen molar-refractivity contribution < 1.29 is 19.0 Å². The topological polar surface area (TPSA) is 123 Å². The van der Waals surface area contributed by atoms with E-state index in [4.69, 9.17) is 25.7 Å². The zero-order chi connectivity index (χ0) is 20.7. The summed E-state index contributed by atoms with van der Waals surface area (Å²) in [5.41, 5.74) is 14.5. The number of carbonyl (C=O) groups excluding carboxylic acids is 1. The quantitative estimate of drug-likeness (QED) is 0.496. The van der Waals surface area contributed by atoms with Gasteiger partial charge in [0.1, 0.15) is 17.5 Å². The lowest BCUT2D eigenvalue weighted by molar-refractivity contribution is -0.119. The van der Waals surface area contributed by atoms with Crippen molar-refractivity contribution in [1.82, 2.24) is 9.97 Å². The number of hydrogen-bond acceptors (Lipinski definition) is 8. The van der Waals surface area contributed by atoms with E-state index in [1.54, 1.807) is 33.3 Å². The molecular formula is C20H28N4O4. The molecule has 8 heteroatoms. The molecule has 152 valence electrons. The highest BCUT2D eigenvalue weighted by Gasteiger charge is 2.28. The van der Waals surface area contributed by atoms with Crippen molar-refractivity contribution >= 4 is 17.6 Å². The van der Waals surface area contributed by atoms with Crippen molar-refractivity contribution in [3.63, 3.8) is 0 Å². The van der Waals surface area contributed by atoms with Crippen LogP contribution in [0.2, 0.25) is 0 Å². The van der Waals surface area contributed by atoms with Crippen molar-refractivity contribution in [2.24, 2.45) is 0 Å². The Balaban J connectivity index is 2.13. The number of nitrogen functional groups attached to an aromatic ring is 2. The van der Waals surface area contributed by atoms with Gasteiger partial charge in [-0.1, -0.05) is 12.1 Å². The molecule has 0 bridgehead atoms. The summed E-state index contributed by atoms with van der Waals surface area (Å²) in [6, 6.07) is 7.36. The molecule has 0 aliphatic carbocycles. The Kier molecular flexibility index (Phi) is 7.71. The molecule has 1 atom stereocenters. The van der Waals surface area contributed by atoms with E-state index in [-0.39, 0.29) is 11.9 Å². The van der Waals surface area contributed by atoms with Crippen molar-refractivity contribution in [2.75, 3.05) is 32.8 Å². The van der Waals surface area contributed by atoms with Crippen LogP contribution >= 0.6 is 0 Å². The third kappa shape index (κ3) is 5.17. The lowest BCUT2D eigenvalue weighted by Crippen LogP contribution is -2.26. The Hall–Kier alpha value is -2.71. The monoisotopic (exact) mass is 388 g/mol. The first-order valence-corrected chi connectivity index (χ1v) is 9.03. The normalized spacial score (nSPS) is 12.2. The summed E-state index contributed by atoms with van der Waals surface area (Å²) >= 11 is 0. The Bertz CT molecular complexity index is 768. The standard InChI is InChI=1S/C20H28N4O4/c1-12-23-17(21)16(18(22)24-12)15(20(27-3)28-4)7-5-6-13-8-10-14(11-9-13)19(25)26-2/h8-11,15,20H,5-7H2,1-4H3,(H4,21,22,23,24). The van der Waals surface area contributed by atoms with E-state index in [0.717, 1.165) is 18.4 Å². The largest absolute Gasteiger partial charge is 0.465 e. The molecule has 0 amide bonds. The minimum absolute atomic E-state index is 0.204. The predicted octanol–water partition coefficient (Wildman–Crippen LogP) is 2.46. The van der Waals surface area contributed by atoms with Gasteiger partial charge in [-0.3, -0.25) is 0 Å². The number of carbonyl (C=O) groups is 1. The van der Waals surface area contributed by atoms with Gasteiger partial charge in [-0.25, -0.2) is 14.8 Å². The number of nitrogens with zero attached hydrogens (tertiary/aromatic N) is 2. The fraction of sp³-hybridized carbons (Fsp3) is 0.450. The molecule has 0 aliphatic heterocycles. The summed E-state index contributed by atoms with van der Waals surface area (Å²) in [7, 11) is 4.52. The molecule has 0 saturated carbocycles. The number of methoxy groups -OCH3 is 3. The van der Waals surface area contributed by atoms with Crippen LogP contribution in [-0.2, 0) is 20.6 Å². The highest BCUT2D eigenvalue weighted by molar-refractivity contribution is 5.89. The van der Waals surface area contributed by atoms with Crippen LogP contribution in [0.3, 0.4) is 0 Å². The van der Waals surface area contributed by atoms with Crippen molar-refractivity contribution in [3.8, 4) is 0 Å². The molecule has 1 aromatic heterocycles. The average molecular weight is 388 g/mol. The first-order chi connectivity index (χ1) is 13.4. The number of ether oxygens (including phenoxy) is 3. The second-order valence-electron chi connectivity index (χ2n) is 6.48. The maximum Gasteiger partial charge on any atom is 0.337 e. The summed E-state index contributed by atoms with van der Waals surface area (Å²) in [5, 5.41) is 0. The van der Waals surface area contributed by atoms with Crippen LogP contribution in [0.15, 0.2) is 24.3 Å². The molecule has 2 aromatic rings. The van der Waals surface area contributed by atoms with Gasteiger partial charge in [0, 0.05) is 25.7 Å². The summed E-state index contributed by atoms with van der Waals surface area (Å²) in [6.07, 6.45) is 1.84. The lowest BCUT2D eigenvalue weighted by atomic mass is 9.92. The number of hydrogen-bond donors (Lipinski definition) is 2. The molecule has 0 fully saturated rings. The van der Waals surface area contributed by atoms with Gasteiger partial charge in [-0.15, -0.1) is 0 Å². The molecule has 0 radical (unpaired) electrons. The van der Waals surface area contributed by atoms with Gasteiger partial charge in [-0.2, -0.15) is 0 Å². The second kappa shape index (κ2) is 10.0. The summed E-state index contributed by atoms with van der Waals surface area (Å²) in [5.74, 6) is 0.660. The zero-order valence-electron chi connectivity index (χ0n) is 16.8. The smallest absolute Gasteiger partial charge is 0.337 e. The molecule has 0 aliphatic rings. The highest BCUT2D eigenvalue weighted by atomic mass is 16.7. The van der Waals surface area contributed by atoms with Gasteiger partial charge < -0.3 is 25.7 Å². The average Bonchev–Trinajstić information content (AvgIpc) is 2.67. The van der Waals surface area contributed by atoms with E-state index in [1.165, 1.54) is 7.11 Å². The second-order valence-corrected chi connectivity index (χ2v) is 6.48. The van der Waals surface area contributed by atoms with E-state index >= 15 is 0 Å². The van der Waals surface area contributed by atoms with E-state index in [2.05, 4.69) is 9.97 Å². The van der Waals surface area contributed by atoms with E-state index < -0.39 is 6.29 Å². The number of aryl methyl sites for hydroxylation is 2. The van der Waals surface area contributed by atoms with Gasteiger partial charge in [0.2, 0.25) is 0 Å². The van der Waals surface area contributed by atoms with Crippen LogP contribution in [0.1, 0.15) is 46.1 Å². The first-order valence-electron chi connectivity index (χ1n) is 9.03. The molecule has 28 heavy (non-hydrogen) atoms. The molecule has 2 rings (SSSR count). The number of anilines is 2. The SMILES string of the molecule is COC(=O)c1ccc(CCCC(c2c(N)nc(C)nc2N)C(OC)OC)cc1. The van der Waals surface area contributed by atoms with Crippen molar-refractivity contribution in [1.29, 1.82) is 0 Å². The molecule has 1 unspecified atom stereocenters. The van der Waals surface area contributed by atoms with E-state index in [0.29, 0.717) is 35.0 Å². The van der Waals surface area contributed by atoms with E-state index in [9.17, 15) is 4.79 Å². The Morgan fingerprint density at radius 3 is 2.11 bits per heavy atom. The van der Waals surface area contributed by atoms with Gasteiger partial charge in [0.05, 0.1) is 12.7 Å². The molecular weight excluding hydrogens is 360 g/mol.